The van der Waals surface area contributed by atoms with Crippen LogP contribution in [0.4, 0.5) is 5.69 Å². The second kappa shape index (κ2) is 4.46. The molecule has 0 bridgehead atoms. The van der Waals surface area contributed by atoms with E-state index in [1.165, 1.54) is 0 Å². The summed E-state index contributed by atoms with van der Waals surface area (Å²) >= 11 is 7.28. The maximum atomic E-state index is 12.6. The molecule has 0 aromatic heterocycles. The average Bonchev–Trinajstić information content (AvgIpc) is 3.04. The largest absolute Gasteiger partial charge is 0.326 e. The first-order valence-electron chi connectivity index (χ1n) is 6.47. The Morgan fingerprint density at radius 2 is 1.95 bits per heavy atom. The van der Waals surface area contributed by atoms with Gasteiger partial charge in [0, 0.05) is 11.1 Å². The topological polar surface area (TPSA) is 23.6 Å². The van der Waals surface area contributed by atoms with Crippen LogP contribution in [0.5, 0.6) is 0 Å². The van der Waals surface area contributed by atoms with Gasteiger partial charge in [-0.2, -0.15) is 0 Å². The van der Waals surface area contributed by atoms with Gasteiger partial charge in [-0.05, 0) is 23.7 Å². The van der Waals surface area contributed by atoms with Gasteiger partial charge in [0.25, 0.3) is 5.91 Å². The van der Waals surface area contributed by atoms with Crippen molar-refractivity contribution < 1.29 is 4.79 Å². The van der Waals surface area contributed by atoms with E-state index in [4.69, 9.17) is 12.2 Å². The second-order valence-electron chi connectivity index (χ2n) is 4.94. The number of benzene rings is 2. The van der Waals surface area contributed by atoms with Crippen LogP contribution in [-0.2, 0) is 4.79 Å². The van der Waals surface area contributed by atoms with E-state index in [9.17, 15) is 4.79 Å². The smallest absolute Gasteiger partial charge is 0.257 e. The molecule has 0 saturated carbocycles. The number of rotatable bonds is 1. The number of carbonyl (C=O) groups excluding carboxylic acids is 1. The molecule has 2 fully saturated rings. The summed E-state index contributed by atoms with van der Waals surface area (Å²) in [5, 5.41) is 2.84. The third-order valence-corrected chi connectivity index (χ3v) is 5.26. The minimum absolute atomic E-state index is 0.0773. The van der Waals surface area contributed by atoms with Crippen molar-refractivity contribution in [3.63, 3.8) is 0 Å². The first-order chi connectivity index (χ1) is 9.77. The van der Waals surface area contributed by atoms with E-state index in [0.29, 0.717) is 5.11 Å². The highest BCUT2D eigenvalue weighted by Gasteiger charge is 2.46. The number of carbonyl (C=O) groups is 1. The summed E-state index contributed by atoms with van der Waals surface area (Å²) in [6.07, 6.45) is 0. The molecule has 2 aliphatic rings. The van der Waals surface area contributed by atoms with E-state index in [-0.39, 0.29) is 11.9 Å². The number of thiocarbonyl (C=S) groups is 1. The third kappa shape index (κ3) is 1.60. The molecule has 100 valence electrons. The Hall–Kier alpha value is -1.59. The summed E-state index contributed by atoms with van der Waals surface area (Å²) in [6, 6.07) is 14.0. The number of fused-ring (bicyclic) bond motifs is 2. The van der Waals surface area contributed by atoms with Crippen LogP contribution in [-0.4, -0.2) is 33.6 Å². The third-order valence-electron chi connectivity index (χ3n) is 3.83. The van der Waals surface area contributed by atoms with Crippen LogP contribution in [0.1, 0.15) is 0 Å². The van der Waals surface area contributed by atoms with E-state index >= 15 is 0 Å². The van der Waals surface area contributed by atoms with Gasteiger partial charge in [0.2, 0.25) is 0 Å². The summed E-state index contributed by atoms with van der Waals surface area (Å²) < 4.78 is 0. The van der Waals surface area contributed by atoms with Crippen LogP contribution in [0, 0.1) is 0 Å². The van der Waals surface area contributed by atoms with Gasteiger partial charge < -0.3 is 4.90 Å². The number of hydrogen-bond donors (Lipinski definition) is 0. The molecule has 2 aromatic rings. The fourth-order valence-corrected chi connectivity index (χ4v) is 4.44. The van der Waals surface area contributed by atoms with Crippen molar-refractivity contribution in [2.75, 3.05) is 16.5 Å². The predicted molar refractivity (Wildman–Crippen MR) is 87.0 cm³/mol. The lowest BCUT2D eigenvalue weighted by molar-refractivity contribution is -0.118. The van der Waals surface area contributed by atoms with Crippen molar-refractivity contribution in [2.45, 2.75) is 6.04 Å². The predicted octanol–water partition coefficient (Wildman–Crippen LogP) is 2.85. The van der Waals surface area contributed by atoms with Crippen molar-refractivity contribution in [3.8, 4) is 0 Å². The lowest BCUT2D eigenvalue weighted by Crippen LogP contribution is -2.32. The highest BCUT2D eigenvalue weighted by molar-refractivity contribution is 7.99. The van der Waals surface area contributed by atoms with Crippen molar-refractivity contribution in [2.24, 2.45) is 0 Å². The molecule has 1 unspecified atom stereocenters. The van der Waals surface area contributed by atoms with Gasteiger partial charge >= 0.3 is 0 Å². The normalized spacial score (nSPS) is 21.9. The fraction of sp³-hybridized carbons (Fsp3) is 0.200. The number of amides is 1. The highest BCUT2D eigenvalue weighted by Crippen LogP contribution is 2.35. The van der Waals surface area contributed by atoms with Crippen LogP contribution in [0.3, 0.4) is 0 Å². The van der Waals surface area contributed by atoms with Crippen LogP contribution in [0.25, 0.3) is 10.8 Å². The van der Waals surface area contributed by atoms with Crippen LogP contribution < -0.4 is 4.90 Å². The van der Waals surface area contributed by atoms with Gasteiger partial charge in [0.1, 0.15) is 6.04 Å². The Labute approximate surface area is 126 Å². The van der Waals surface area contributed by atoms with Crippen molar-refractivity contribution in [1.29, 1.82) is 0 Å². The van der Waals surface area contributed by atoms with Crippen LogP contribution >= 0.6 is 24.0 Å². The lowest BCUT2D eigenvalue weighted by Gasteiger charge is -2.20. The standard InChI is InChI=1S/C15H12N2OS2/c18-14-13-8-20-9-16(13)15(19)17(14)12-7-3-5-10-4-1-2-6-11(10)12/h1-7,13H,8-9H2. The van der Waals surface area contributed by atoms with E-state index in [1.807, 2.05) is 35.2 Å². The molecular formula is C15H12N2OS2. The zero-order valence-electron chi connectivity index (χ0n) is 10.7. The van der Waals surface area contributed by atoms with Gasteiger partial charge in [-0.15, -0.1) is 11.8 Å². The molecule has 0 spiro atoms. The Bertz CT molecular complexity index is 703. The van der Waals surface area contributed by atoms with Gasteiger partial charge in [0.15, 0.2) is 5.11 Å². The molecule has 0 aliphatic carbocycles. The maximum Gasteiger partial charge on any atom is 0.257 e. The average molecular weight is 300 g/mol. The van der Waals surface area contributed by atoms with E-state index in [0.717, 1.165) is 28.1 Å². The Kier molecular flexibility index (Phi) is 2.72. The molecule has 0 N–H and O–H groups in total. The minimum Gasteiger partial charge on any atom is -0.326 e. The summed E-state index contributed by atoms with van der Waals surface area (Å²) in [6.45, 7) is 0. The Balaban J connectivity index is 1.88. The van der Waals surface area contributed by atoms with Gasteiger partial charge in [-0.1, -0.05) is 36.4 Å². The summed E-state index contributed by atoms with van der Waals surface area (Å²) in [4.78, 5) is 16.4. The molecule has 2 aliphatic heterocycles. The molecule has 1 atom stereocenters. The molecule has 2 heterocycles. The zero-order chi connectivity index (χ0) is 13.7. The Morgan fingerprint density at radius 1 is 1.15 bits per heavy atom. The SMILES string of the molecule is O=C1C2CSCN2C(=S)N1c1cccc2ccccc12. The number of hydrogen-bond acceptors (Lipinski definition) is 3. The quantitative estimate of drug-likeness (QED) is 0.756. The van der Waals surface area contributed by atoms with E-state index in [1.54, 1.807) is 16.7 Å². The second-order valence-corrected chi connectivity index (χ2v) is 6.30. The molecule has 0 radical (unpaired) electrons. The first kappa shape index (κ1) is 12.2. The number of anilines is 1. The summed E-state index contributed by atoms with van der Waals surface area (Å²) in [7, 11) is 0. The molecule has 20 heavy (non-hydrogen) atoms. The van der Waals surface area contributed by atoms with E-state index < -0.39 is 0 Å². The molecule has 2 saturated heterocycles. The van der Waals surface area contributed by atoms with Crippen molar-refractivity contribution >= 4 is 51.5 Å². The lowest BCUT2D eigenvalue weighted by atomic mass is 10.1. The molecule has 3 nitrogen and oxygen atoms in total. The van der Waals surface area contributed by atoms with Crippen molar-refractivity contribution in [3.05, 3.63) is 42.5 Å². The van der Waals surface area contributed by atoms with Gasteiger partial charge in [-0.25, -0.2) is 0 Å². The van der Waals surface area contributed by atoms with Crippen LogP contribution in [0.2, 0.25) is 0 Å². The summed E-state index contributed by atoms with van der Waals surface area (Å²) in [5.74, 6) is 1.76. The summed E-state index contributed by atoms with van der Waals surface area (Å²) in [5.41, 5.74) is 0.900. The van der Waals surface area contributed by atoms with Gasteiger partial charge in [0.05, 0.1) is 11.6 Å². The van der Waals surface area contributed by atoms with Gasteiger partial charge in [-0.3, -0.25) is 9.69 Å². The monoisotopic (exact) mass is 300 g/mol. The number of thioether (sulfide) groups is 1. The van der Waals surface area contributed by atoms with Crippen molar-refractivity contribution in [1.82, 2.24) is 4.90 Å². The first-order valence-corrected chi connectivity index (χ1v) is 8.04. The fourth-order valence-electron chi connectivity index (χ4n) is 2.83. The molecule has 4 rings (SSSR count). The molecule has 2 aromatic carbocycles. The zero-order valence-corrected chi connectivity index (χ0v) is 12.3. The number of nitrogens with zero attached hydrogens (tertiary/aromatic N) is 2. The maximum absolute atomic E-state index is 12.6. The van der Waals surface area contributed by atoms with E-state index in [2.05, 4.69) is 12.1 Å². The minimum atomic E-state index is -0.0773. The molecule has 1 amide bonds. The molecular weight excluding hydrogens is 288 g/mol. The Morgan fingerprint density at radius 3 is 2.80 bits per heavy atom. The highest BCUT2D eigenvalue weighted by atomic mass is 32.2. The van der Waals surface area contributed by atoms with Crippen LogP contribution in [0.15, 0.2) is 42.5 Å². The molecule has 5 heteroatoms.